The number of anilines is 3. The van der Waals surface area contributed by atoms with E-state index in [1.165, 1.54) is 11.8 Å². The first-order valence-electron chi connectivity index (χ1n) is 9.36. The van der Waals surface area contributed by atoms with Gasteiger partial charge in [-0.3, -0.25) is 9.59 Å². The van der Waals surface area contributed by atoms with Gasteiger partial charge in [0.25, 0.3) is 0 Å². The topological polar surface area (TPSA) is 99.8 Å². The number of nitrogens with one attached hydrogen (secondary N) is 3. The average Bonchev–Trinajstić information content (AvgIpc) is 3.18. The smallest absolute Gasteiger partial charge is 0.322 e. The molecule has 0 radical (unpaired) electrons. The highest BCUT2D eigenvalue weighted by Gasteiger charge is 2.34. The number of urea groups is 1. The molecule has 29 heavy (non-hydrogen) atoms. The Hall–Kier alpha value is -3.55. The predicted molar refractivity (Wildman–Crippen MR) is 111 cm³/mol. The molecule has 1 aliphatic rings. The fourth-order valence-corrected chi connectivity index (χ4v) is 3.28. The summed E-state index contributed by atoms with van der Waals surface area (Å²) in [5, 5.41) is 8.33. The van der Waals surface area contributed by atoms with E-state index in [-0.39, 0.29) is 17.8 Å². The molecule has 3 N–H and O–H groups in total. The van der Waals surface area contributed by atoms with Crippen molar-refractivity contribution in [3.63, 3.8) is 0 Å². The predicted octanol–water partition coefficient (Wildman–Crippen LogP) is 3.29. The summed E-state index contributed by atoms with van der Waals surface area (Å²) in [6.07, 6.45) is 1.33. The van der Waals surface area contributed by atoms with Gasteiger partial charge >= 0.3 is 6.03 Å². The van der Waals surface area contributed by atoms with Crippen LogP contribution in [-0.4, -0.2) is 42.4 Å². The van der Waals surface area contributed by atoms with Gasteiger partial charge in [0.1, 0.15) is 11.8 Å². The third kappa shape index (κ3) is 5.25. The molecule has 0 bridgehead atoms. The first-order valence-corrected chi connectivity index (χ1v) is 9.36. The molecular weight excluding hydrogens is 372 g/mol. The van der Waals surface area contributed by atoms with E-state index in [1.807, 2.05) is 0 Å². The SMILES string of the molecule is COc1cccc(NC(=O)N2CCC[C@@H]2C(=O)Nc2cccc(NC(C)=O)c2)c1. The summed E-state index contributed by atoms with van der Waals surface area (Å²) in [6.45, 7) is 1.92. The van der Waals surface area contributed by atoms with E-state index in [1.54, 1.807) is 55.6 Å². The van der Waals surface area contributed by atoms with E-state index in [4.69, 9.17) is 4.74 Å². The molecule has 1 saturated heterocycles. The van der Waals surface area contributed by atoms with E-state index in [0.29, 0.717) is 35.8 Å². The normalized spacial score (nSPS) is 15.5. The number of rotatable bonds is 5. The first kappa shape index (κ1) is 20.2. The van der Waals surface area contributed by atoms with Crippen LogP contribution in [0, 0.1) is 0 Å². The van der Waals surface area contributed by atoms with Crippen LogP contribution in [0.4, 0.5) is 21.9 Å². The van der Waals surface area contributed by atoms with Gasteiger partial charge in [-0.15, -0.1) is 0 Å². The summed E-state index contributed by atoms with van der Waals surface area (Å²) in [7, 11) is 1.56. The van der Waals surface area contributed by atoms with Crippen LogP contribution in [0.25, 0.3) is 0 Å². The van der Waals surface area contributed by atoms with Crippen LogP contribution < -0.4 is 20.7 Å². The summed E-state index contributed by atoms with van der Waals surface area (Å²) in [5.41, 5.74) is 1.75. The van der Waals surface area contributed by atoms with Crippen molar-refractivity contribution in [1.29, 1.82) is 0 Å². The lowest BCUT2D eigenvalue weighted by atomic mass is 10.2. The van der Waals surface area contributed by atoms with Crippen LogP contribution in [0.2, 0.25) is 0 Å². The maximum Gasteiger partial charge on any atom is 0.322 e. The van der Waals surface area contributed by atoms with Gasteiger partial charge in [0, 0.05) is 36.6 Å². The van der Waals surface area contributed by atoms with Crippen molar-refractivity contribution >= 4 is 34.9 Å². The van der Waals surface area contributed by atoms with Crippen molar-refractivity contribution in [2.24, 2.45) is 0 Å². The van der Waals surface area contributed by atoms with E-state index in [2.05, 4.69) is 16.0 Å². The minimum absolute atomic E-state index is 0.190. The number of carbonyl (C=O) groups excluding carboxylic acids is 3. The molecule has 8 heteroatoms. The van der Waals surface area contributed by atoms with Crippen molar-refractivity contribution in [2.75, 3.05) is 29.6 Å². The molecule has 2 aromatic rings. The maximum absolute atomic E-state index is 12.8. The van der Waals surface area contributed by atoms with E-state index in [0.717, 1.165) is 6.42 Å². The minimum Gasteiger partial charge on any atom is -0.497 e. The number of carbonyl (C=O) groups is 3. The zero-order valence-electron chi connectivity index (χ0n) is 16.4. The number of benzene rings is 2. The van der Waals surface area contributed by atoms with Gasteiger partial charge < -0.3 is 25.6 Å². The van der Waals surface area contributed by atoms with Crippen molar-refractivity contribution < 1.29 is 19.1 Å². The molecule has 3 rings (SSSR count). The lowest BCUT2D eigenvalue weighted by Gasteiger charge is -2.24. The van der Waals surface area contributed by atoms with Gasteiger partial charge in [-0.25, -0.2) is 4.79 Å². The van der Waals surface area contributed by atoms with Gasteiger partial charge in [-0.05, 0) is 43.2 Å². The standard InChI is InChI=1S/C21H24N4O4/c1-14(26)22-15-6-3-7-16(12-15)23-20(27)19-10-5-11-25(19)21(28)24-17-8-4-9-18(13-17)29-2/h3-4,6-9,12-13,19H,5,10-11H2,1-2H3,(H,22,26)(H,23,27)(H,24,28)/t19-/m1/s1. The molecule has 8 nitrogen and oxygen atoms in total. The molecular formula is C21H24N4O4. The average molecular weight is 396 g/mol. The molecule has 0 spiro atoms. The molecule has 1 atom stereocenters. The Bertz CT molecular complexity index is 915. The molecule has 4 amide bonds. The quantitative estimate of drug-likeness (QED) is 0.722. The molecule has 1 aliphatic heterocycles. The molecule has 152 valence electrons. The minimum atomic E-state index is -0.565. The lowest BCUT2D eigenvalue weighted by molar-refractivity contribution is -0.119. The molecule has 0 unspecified atom stereocenters. The Morgan fingerprint density at radius 2 is 1.62 bits per heavy atom. The molecule has 1 heterocycles. The Kier molecular flexibility index (Phi) is 6.33. The lowest BCUT2D eigenvalue weighted by Crippen LogP contribution is -2.45. The maximum atomic E-state index is 12.8. The molecule has 0 aliphatic carbocycles. The van der Waals surface area contributed by atoms with Crippen LogP contribution in [0.5, 0.6) is 5.75 Å². The van der Waals surface area contributed by atoms with Crippen molar-refractivity contribution in [1.82, 2.24) is 4.90 Å². The number of amides is 4. The fraction of sp³-hybridized carbons (Fsp3) is 0.286. The highest BCUT2D eigenvalue weighted by molar-refractivity contribution is 6.00. The number of hydrogen-bond donors (Lipinski definition) is 3. The number of ether oxygens (including phenoxy) is 1. The van der Waals surface area contributed by atoms with Crippen molar-refractivity contribution in [3.05, 3.63) is 48.5 Å². The second kappa shape index (κ2) is 9.09. The summed E-state index contributed by atoms with van der Waals surface area (Å²) < 4.78 is 5.17. The highest BCUT2D eigenvalue weighted by atomic mass is 16.5. The first-order chi connectivity index (χ1) is 14.0. The Labute approximate surface area is 169 Å². The highest BCUT2D eigenvalue weighted by Crippen LogP contribution is 2.23. The van der Waals surface area contributed by atoms with Crippen LogP contribution in [0.1, 0.15) is 19.8 Å². The summed E-state index contributed by atoms with van der Waals surface area (Å²) >= 11 is 0. The summed E-state index contributed by atoms with van der Waals surface area (Å²) in [6, 6.07) is 13.0. The van der Waals surface area contributed by atoms with Crippen LogP contribution in [0.15, 0.2) is 48.5 Å². The number of hydrogen-bond acceptors (Lipinski definition) is 4. The zero-order chi connectivity index (χ0) is 20.8. The van der Waals surface area contributed by atoms with E-state index < -0.39 is 6.04 Å². The van der Waals surface area contributed by atoms with Gasteiger partial charge in [0.2, 0.25) is 11.8 Å². The number of nitrogens with zero attached hydrogens (tertiary/aromatic N) is 1. The number of likely N-dealkylation sites (tertiary alicyclic amines) is 1. The Morgan fingerprint density at radius 1 is 0.966 bits per heavy atom. The van der Waals surface area contributed by atoms with Gasteiger partial charge in [0.15, 0.2) is 0 Å². The Morgan fingerprint density at radius 3 is 2.31 bits per heavy atom. The number of methoxy groups -OCH3 is 1. The van der Waals surface area contributed by atoms with Crippen LogP contribution in [-0.2, 0) is 9.59 Å². The molecule has 1 fully saturated rings. The second-order valence-electron chi connectivity index (χ2n) is 6.76. The van der Waals surface area contributed by atoms with Crippen molar-refractivity contribution in [2.45, 2.75) is 25.8 Å². The van der Waals surface area contributed by atoms with Crippen LogP contribution >= 0.6 is 0 Å². The monoisotopic (exact) mass is 396 g/mol. The van der Waals surface area contributed by atoms with E-state index in [9.17, 15) is 14.4 Å². The third-order valence-corrected chi connectivity index (χ3v) is 4.59. The second-order valence-corrected chi connectivity index (χ2v) is 6.76. The molecule has 0 saturated carbocycles. The zero-order valence-corrected chi connectivity index (χ0v) is 16.4. The van der Waals surface area contributed by atoms with Gasteiger partial charge in [-0.2, -0.15) is 0 Å². The van der Waals surface area contributed by atoms with Gasteiger partial charge in [0.05, 0.1) is 7.11 Å². The van der Waals surface area contributed by atoms with Crippen LogP contribution in [0.3, 0.4) is 0 Å². The van der Waals surface area contributed by atoms with Gasteiger partial charge in [-0.1, -0.05) is 12.1 Å². The third-order valence-electron chi connectivity index (χ3n) is 4.59. The fourth-order valence-electron chi connectivity index (χ4n) is 3.28. The van der Waals surface area contributed by atoms with E-state index >= 15 is 0 Å². The Balaban J connectivity index is 1.65. The van der Waals surface area contributed by atoms with Crippen molar-refractivity contribution in [3.8, 4) is 5.75 Å². The molecule has 0 aromatic heterocycles. The summed E-state index contributed by atoms with van der Waals surface area (Å²) in [5.74, 6) is 0.186. The largest absolute Gasteiger partial charge is 0.497 e. The molecule has 2 aromatic carbocycles. The summed E-state index contributed by atoms with van der Waals surface area (Å²) in [4.78, 5) is 38.2.